The first-order valence-corrected chi connectivity index (χ1v) is 4.87. The maximum atomic E-state index is 11.6. The van der Waals surface area contributed by atoms with Crippen molar-refractivity contribution in [3.05, 3.63) is 42.1 Å². The van der Waals surface area contributed by atoms with E-state index in [1.54, 1.807) is 12.3 Å². The van der Waals surface area contributed by atoms with Gasteiger partial charge in [-0.15, -0.1) is 0 Å². The highest BCUT2D eigenvalue weighted by molar-refractivity contribution is 6.22. The molecular formula is C12H10NO3+. The number of rotatable bonds is 2. The van der Waals surface area contributed by atoms with Crippen LogP contribution in [0.5, 0.6) is 0 Å². The van der Waals surface area contributed by atoms with E-state index in [-0.39, 0.29) is 24.4 Å². The zero-order valence-corrected chi connectivity index (χ0v) is 8.60. The summed E-state index contributed by atoms with van der Waals surface area (Å²) in [5, 5.41) is 0. The molecule has 1 aromatic rings. The SMILES string of the molecule is [CH2+]COC(=O)C1=Cc2cccnc2CC1=O. The normalized spacial score (nSPS) is 14.0. The Labute approximate surface area is 92.9 Å². The molecule has 0 bridgehead atoms. The van der Waals surface area contributed by atoms with Crippen LogP contribution in [0.4, 0.5) is 0 Å². The molecule has 0 spiro atoms. The van der Waals surface area contributed by atoms with Crippen LogP contribution in [0.1, 0.15) is 11.3 Å². The van der Waals surface area contributed by atoms with Gasteiger partial charge in [0.25, 0.3) is 0 Å². The largest absolute Gasteiger partial charge is 0.420 e. The topological polar surface area (TPSA) is 56.3 Å². The third-order valence-electron chi connectivity index (χ3n) is 2.31. The Hall–Kier alpha value is -2.10. The molecule has 1 aliphatic rings. The van der Waals surface area contributed by atoms with Gasteiger partial charge in [-0.05, 0) is 17.7 Å². The number of pyridine rings is 1. The quantitative estimate of drug-likeness (QED) is 0.420. The van der Waals surface area contributed by atoms with Crippen LogP contribution < -0.4 is 0 Å². The Morgan fingerprint density at radius 3 is 3.12 bits per heavy atom. The summed E-state index contributed by atoms with van der Waals surface area (Å²) in [5.41, 5.74) is 1.56. The molecule has 1 heterocycles. The fourth-order valence-corrected chi connectivity index (χ4v) is 1.56. The maximum absolute atomic E-state index is 11.6. The van der Waals surface area contributed by atoms with E-state index in [4.69, 9.17) is 4.74 Å². The van der Waals surface area contributed by atoms with E-state index in [0.29, 0.717) is 5.69 Å². The van der Waals surface area contributed by atoms with E-state index in [1.165, 1.54) is 6.08 Å². The molecule has 4 nitrogen and oxygen atoms in total. The van der Waals surface area contributed by atoms with E-state index in [9.17, 15) is 9.59 Å². The highest BCUT2D eigenvalue weighted by Gasteiger charge is 2.25. The summed E-state index contributed by atoms with van der Waals surface area (Å²) >= 11 is 0. The van der Waals surface area contributed by atoms with Gasteiger partial charge in [-0.1, -0.05) is 6.07 Å². The molecule has 2 rings (SSSR count). The summed E-state index contributed by atoms with van der Waals surface area (Å²) in [7, 11) is 0. The van der Waals surface area contributed by atoms with Crippen molar-refractivity contribution in [3.63, 3.8) is 0 Å². The fourth-order valence-electron chi connectivity index (χ4n) is 1.56. The van der Waals surface area contributed by atoms with Crippen molar-refractivity contribution in [3.8, 4) is 0 Å². The van der Waals surface area contributed by atoms with Crippen LogP contribution in [0.3, 0.4) is 0 Å². The van der Waals surface area contributed by atoms with Crippen LogP contribution in [-0.2, 0) is 20.7 Å². The molecule has 0 atom stereocenters. The Balaban J connectivity index is 2.37. The van der Waals surface area contributed by atoms with Gasteiger partial charge in [-0.25, -0.2) is 4.79 Å². The number of hydrogen-bond donors (Lipinski definition) is 0. The lowest BCUT2D eigenvalue weighted by atomic mass is 9.95. The second-order valence-corrected chi connectivity index (χ2v) is 3.33. The Kier molecular flexibility index (Phi) is 2.72. The van der Waals surface area contributed by atoms with Crippen molar-refractivity contribution in [1.82, 2.24) is 4.98 Å². The molecule has 0 unspecified atom stereocenters. The van der Waals surface area contributed by atoms with Crippen LogP contribution in [0, 0.1) is 6.92 Å². The van der Waals surface area contributed by atoms with Crippen LogP contribution in [0.15, 0.2) is 23.9 Å². The minimum atomic E-state index is -0.616. The van der Waals surface area contributed by atoms with E-state index < -0.39 is 5.97 Å². The molecule has 0 fully saturated rings. The summed E-state index contributed by atoms with van der Waals surface area (Å²) in [6.45, 7) is 3.41. The van der Waals surface area contributed by atoms with Gasteiger partial charge in [0.05, 0.1) is 12.1 Å². The predicted molar refractivity (Wildman–Crippen MR) is 57.2 cm³/mol. The van der Waals surface area contributed by atoms with Gasteiger partial charge in [0.15, 0.2) is 5.78 Å². The van der Waals surface area contributed by atoms with Gasteiger partial charge >= 0.3 is 5.97 Å². The zero-order chi connectivity index (χ0) is 11.5. The average molecular weight is 216 g/mol. The number of fused-ring (bicyclic) bond motifs is 1. The first kappa shape index (κ1) is 10.4. The number of nitrogens with zero attached hydrogens (tertiary/aromatic N) is 1. The predicted octanol–water partition coefficient (Wildman–Crippen LogP) is 0.967. The highest BCUT2D eigenvalue weighted by atomic mass is 16.5. The van der Waals surface area contributed by atoms with Gasteiger partial charge in [0.1, 0.15) is 12.5 Å². The minimum absolute atomic E-state index is 0.0172. The molecule has 1 aliphatic carbocycles. The van der Waals surface area contributed by atoms with Gasteiger partial charge < -0.3 is 4.74 Å². The Bertz CT molecular complexity index is 477. The first-order chi connectivity index (χ1) is 7.72. The second-order valence-electron chi connectivity index (χ2n) is 3.33. The summed E-state index contributed by atoms with van der Waals surface area (Å²) < 4.78 is 4.71. The smallest absolute Gasteiger partial charge is 0.345 e. The standard InChI is InChI=1S/C12H10NO3/c1-2-16-12(15)9-6-8-4-3-5-13-10(8)7-11(9)14/h3-6H,1-2,7H2/q+1. The van der Waals surface area contributed by atoms with Crippen molar-refractivity contribution in [2.75, 3.05) is 6.61 Å². The lowest BCUT2D eigenvalue weighted by molar-refractivity contribution is -0.139. The monoisotopic (exact) mass is 216 g/mol. The van der Waals surface area contributed by atoms with Gasteiger partial charge in [-0.3, -0.25) is 9.78 Å². The third-order valence-corrected chi connectivity index (χ3v) is 2.31. The van der Waals surface area contributed by atoms with Crippen LogP contribution in [0.25, 0.3) is 6.08 Å². The number of carbonyl (C=O) groups is 2. The average Bonchev–Trinajstić information content (AvgIpc) is 2.28. The lowest BCUT2D eigenvalue weighted by Crippen LogP contribution is -2.21. The molecule has 0 aromatic carbocycles. The maximum Gasteiger partial charge on any atom is 0.345 e. The number of hydrogen-bond acceptors (Lipinski definition) is 4. The number of esters is 1. The molecule has 1 aromatic heterocycles. The molecule has 0 N–H and O–H groups in total. The number of Topliss-reactive ketones (excluding diaryl/α,β-unsaturated/α-hetero) is 1. The fraction of sp³-hybridized carbons (Fsp3) is 0.167. The van der Waals surface area contributed by atoms with Crippen molar-refractivity contribution in [2.24, 2.45) is 0 Å². The zero-order valence-electron chi connectivity index (χ0n) is 8.60. The molecule has 0 aliphatic heterocycles. The van der Waals surface area contributed by atoms with Crippen LogP contribution >= 0.6 is 0 Å². The molecule has 16 heavy (non-hydrogen) atoms. The molecule has 0 saturated heterocycles. The van der Waals surface area contributed by atoms with E-state index in [2.05, 4.69) is 11.9 Å². The van der Waals surface area contributed by atoms with Crippen LogP contribution in [0.2, 0.25) is 0 Å². The van der Waals surface area contributed by atoms with Crippen LogP contribution in [-0.4, -0.2) is 23.3 Å². The minimum Gasteiger partial charge on any atom is -0.420 e. The second kappa shape index (κ2) is 4.18. The van der Waals surface area contributed by atoms with E-state index in [1.807, 2.05) is 6.07 Å². The molecule has 0 radical (unpaired) electrons. The number of carbonyl (C=O) groups excluding carboxylic acids is 2. The summed E-state index contributed by atoms with van der Waals surface area (Å²) in [4.78, 5) is 27.2. The molecule has 0 amide bonds. The van der Waals surface area contributed by atoms with Gasteiger partial charge in [0.2, 0.25) is 6.61 Å². The summed E-state index contributed by atoms with van der Waals surface area (Å²) in [5.74, 6) is -0.876. The summed E-state index contributed by atoms with van der Waals surface area (Å²) in [6.07, 6.45) is 3.29. The highest BCUT2D eigenvalue weighted by Crippen LogP contribution is 2.20. The molecule has 80 valence electrons. The van der Waals surface area contributed by atoms with Gasteiger partial charge in [-0.2, -0.15) is 0 Å². The molecular weight excluding hydrogens is 206 g/mol. The Morgan fingerprint density at radius 1 is 1.56 bits per heavy atom. The molecule has 4 heteroatoms. The molecule has 0 saturated carbocycles. The van der Waals surface area contributed by atoms with E-state index >= 15 is 0 Å². The van der Waals surface area contributed by atoms with Crippen molar-refractivity contribution in [2.45, 2.75) is 6.42 Å². The first-order valence-electron chi connectivity index (χ1n) is 4.87. The lowest BCUT2D eigenvalue weighted by Gasteiger charge is -2.12. The summed E-state index contributed by atoms with van der Waals surface area (Å²) in [6, 6.07) is 3.57. The van der Waals surface area contributed by atoms with Crippen molar-refractivity contribution in [1.29, 1.82) is 0 Å². The number of ketones is 1. The Morgan fingerprint density at radius 2 is 2.38 bits per heavy atom. The van der Waals surface area contributed by atoms with Crippen molar-refractivity contribution >= 4 is 17.8 Å². The van der Waals surface area contributed by atoms with Crippen molar-refractivity contribution < 1.29 is 14.3 Å². The number of aromatic nitrogens is 1. The van der Waals surface area contributed by atoms with Gasteiger partial charge in [0, 0.05) is 6.20 Å². The third kappa shape index (κ3) is 1.82. The van der Waals surface area contributed by atoms with E-state index in [0.717, 1.165) is 5.56 Å². The number of ether oxygens (including phenoxy) is 1.